The molecule has 2 aliphatic rings. The van der Waals surface area contributed by atoms with E-state index in [0.29, 0.717) is 35.1 Å². The van der Waals surface area contributed by atoms with E-state index in [4.69, 9.17) is 5.73 Å². The monoisotopic (exact) mass is 415 g/mol. The molecule has 0 bridgehead atoms. The summed E-state index contributed by atoms with van der Waals surface area (Å²) in [5.41, 5.74) is 6.00. The molecule has 1 heterocycles. The number of hydrogen-bond donors (Lipinski definition) is 3. The fraction of sp³-hybridized carbons (Fsp3) is 0.350. The Hall–Kier alpha value is -3.04. The molecule has 0 unspecified atom stereocenters. The lowest BCUT2D eigenvalue weighted by Gasteiger charge is -2.40. The highest BCUT2D eigenvalue weighted by Crippen LogP contribution is 2.51. The molecule has 1 amide bonds. The van der Waals surface area contributed by atoms with Crippen LogP contribution in [-0.2, 0) is 4.79 Å². The van der Waals surface area contributed by atoms with Crippen molar-refractivity contribution in [3.8, 4) is 12.1 Å². The van der Waals surface area contributed by atoms with Gasteiger partial charge in [0.25, 0.3) is 0 Å². The van der Waals surface area contributed by atoms with E-state index in [-0.39, 0.29) is 17.3 Å². The SMILES string of the molecule is N#CC1=C(N)NC(SCC(=O)Nc2ccc(F)cc2F)=C(C#N)C12CCCCC2. The van der Waals surface area contributed by atoms with Gasteiger partial charge in [0.15, 0.2) is 0 Å². The van der Waals surface area contributed by atoms with E-state index in [0.717, 1.165) is 43.2 Å². The third-order valence-electron chi connectivity index (χ3n) is 5.19. The minimum absolute atomic E-state index is 0.115. The molecule has 0 radical (unpaired) electrons. The zero-order valence-electron chi connectivity index (χ0n) is 15.5. The maximum Gasteiger partial charge on any atom is 0.234 e. The van der Waals surface area contributed by atoms with E-state index in [1.54, 1.807) is 0 Å². The number of allylic oxidation sites excluding steroid dienone is 2. The molecule has 1 spiro atoms. The molecule has 1 aliphatic heterocycles. The number of anilines is 1. The van der Waals surface area contributed by atoms with Gasteiger partial charge >= 0.3 is 0 Å². The van der Waals surface area contributed by atoms with E-state index in [1.807, 2.05) is 0 Å². The highest BCUT2D eigenvalue weighted by molar-refractivity contribution is 8.03. The van der Waals surface area contributed by atoms with Gasteiger partial charge in [0.05, 0.1) is 39.8 Å². The van der Waals surface area contributed by atoms with Crippen LogP contribution in [0.5, 0.6) is 0 Å². The lowest BCUT2D eigenvalue weighted by atomic mass is 9.64. The van der Waals surface area contributed by atoms with Crippen LogP contribution < -0.4 is 16.4 Å². The Morgan fingerprint density at radius 3 is 2.52 bits per heavy atom. The maximum atomic E-state index is 13.7. The Kier molecular flexibility index (Phi) is 6.09. The quantitative estimate of drug-likeness (QED) is 0.692. The molecule has 1 aromatic carbocycles. The topological polar surface area (TPSA) is 115 Å². The fourth-order valence-electron chi connectivity index (χ4n) is 3.85. The number of nitriles is 2. The molecule has 1 aromatic rings. The summed E-state index contributed by atoms with van der Waals surface area (Å²) in [5.74, 6) is -2.05. The van der Waals surface area contributed by atoms with Gasteiger partial charge in [-0.3, -0.25) is 4.79 Å². The first-order chi connectivity index (χ1) is 13.9. The summed E-state index contributed by atoms with van der Waals surface area (Å²) < 4.78 is 26.7. The number of dihydropyridines is 1. The molecule has 1 saturated carbocycles. The second-order valence-electron chi connectivity index (χ2n) is 6.95. The minimum atomic E-state index is -0.872. The number of nitrogens with two attached hydrogens (primary N) is 1. The number of nitrogens with one attached hydrogen (secondary N) is 2. The number of benzene rings is 1. The van der Waals surface area contributed by atoms with Crippen molar-refractivity contribution in [3.05, 3.63) is 51.8 Å². The van der Waals surface area contributed by atoms with Crippen molar-refractivity contribution in [1.82, 2.24) is 5.32 Å². The summed E-state index contributed by atoms with van der Waals surface area (Å²) in [6.45, 7) is 0. The van der Waals surface area contributed by atoms with E-state index in [1.165, 1.54) is 0 Å². The van der Waals surface area contributed by atoms with Crippen LogP contribution in [-0.4, -0.2) is 11.7 Å². The fourth-order valence-corrected chi connectivity index (χ4v) is 4.77. The van der Waals surface area contributed by atoms with E-state index in [9.17, 15) is 24.1 Å². The summed E-state index contributed by atoms with van der Waals surface area (Å²) in [6, 6.07) is 7.24. The third-order valence-corrected chi connectivity index (χ3v) is 6.19. The normalized spacial score (nSPS) is 18.1. The average molecular weight is 415 g/mol. The number of carbonyl (C=O) groups is 1. The molecule has 0 aromatic heterocycles. The van der Waals surface area contributed by atoms with Gasteiger partial charge in [-0.05, 0) is 25.0 Å². The van der Waals surface area contributed by atoms with E-state index in [2.05, 4.69) is 22.8 Å². The molecule has 3 rings (SSSR count). The molecular formula is C20H19F2N5OS. The number of thioether (sulfide) groups is 1. The van der Waals surface area contributed by atoms with Crippen LogP contribution in [0.15, 0.2) is 40.2 Å². The Labute approximate surface area is 171 Å². The van der Waals surface area contributed by atoms with Crippen LogP contribution in [0.1, 0.15) is 32.1 Å². The minimum Gasteiger partial charge on any atom is -0.384 e. The van der Waals surface area contributed by atoms with Gasteiger partial charge in [0, 0.05) is 11.5 Å². The molecule has 1 aliphatic carbocycles. The molecular weight excluding hydrogens is 396 g/mol. The molecule has 6 nitrogen and oxygen atoms in total. The van der Waals surface area contributed by atoms with Crippen LogP contribution in [0.3, 0.4) is 0 Å². The number of hydrogen-bond acceptors (Lipinski definition) is 6. The molecule has 29 heavy (non-hydrogen) atoms. The highest BCUT2D eigenvalue weighted by Gasteiger charge is 2.45. The van der Waals surface area contributed by atoms with Crippen molar-refractivity contribution in [3.63, 3.8) is 0 Å². The highest BCUT2D eigenvalue weighted by atomic mass is 32.2. The van der Waals surface area contributed by atoms with Gasteiger partial charge in [-0.15, -0.1) is 0 Å². The molecule has 1 fully saturated rings. The average Bonchev–Trinajstić information content (AvgIpc) is 2.69. The first kappa shape index (κ1) is 20.7. The molecule has 150 valence electrons. The van der Waals surface area contributed by atoms with Crippen LogP contribution in [0, 0.1) is 39.7 Å². The summed E-state index contributed by atoms with van der Waals surface area (Å²) in [7, 11) is 0. The standard InChI is InChI=1S/C20H19F2N5OS/c21-12-4-5-16(15(22)8-12)26-17(28)11-29-19-14(10-24)20(6-2-1-3-7-20)13(9-23)18(25)27-19/h4-5,8,27H,1-3,6-7,11,25H2,(H,26,28). The predicted octanol–water partition coefficient (Wildman–Crippen LogP) is 3.62. The van der Waals surface area contributed by atoms with Crippen LogP contribution in [0.2, 0.25) is 0 Å². The maximum absolute atomic E-state index is 13.7. The summed E-state index contributed by atoms with van der Waals surface area (Å²) in [6.07, 6.45) is 4.09. The van der Waals surface area contributed by atoms with E-state index >= 15 is 0 Å². The van der Waals surface area contributed by atoms with Crippen molar-refractivity contribution in [1.29, 1.82) is 10.5 Å². The van der Waals surface area contributed by atoms with Gasteiger partial charge in [-0.1, -0.05) is 31.0 Å². The Morgan fingerprint density at radius 2 is 1.90 bits per heavy atom. The van der Waals surface area contributed by atoms with Crippen molar-refractivity contribution in [2.75, 3.05) is 11.1 Å². The zero-order chi connectivity index (χ0) is 21.0. The van der Waals surface area contributed by atoms with Crippen molar-refractivity contribution < 1.29 is 13.6 Å². The van der Waals surface area contributed by atoms with Gasteiger partial charge in [-0.25, -0.2) is 8.78 Å². The van der Waals surface area contributed by atoms with Crippen LogP contribution >= 0.6 is 11.8 Å². The second-order valence-corrected chi connectivity index (χ2v) is 7.93. The van der Waals surface area contributed by atoms with Gasteiger partial charge in [0.2, 0.25) is 5.91 Å². The summed E-state index contributed by atoms with van der Waals surface area (Å²) >= 11 is 1.06. The Morgan fingerprint density at radius 1 is 1.21 bits per heavy atom. The largest absolute Gasteiger partial charge is 0.384 e. The second kappa shape index (κ2) is 8.54. The Balaban J connectivity index is 1.79. The van der Waals surface area contributed by atoms with Crippen molar-refractivity contribution in [2.24, 2.45) is 11.1 Å². The van der Waals surface area contributed by atoms with Crippen LogP contribution in [0.4, 0.5) is 14.5 Å². The number of carbonyl (C=O) groups excluding carboxylic acids is 1. The van der Waals surface area contributed by atoms with Crippen LogP contribution in [0.25, 0.3) is 0 Å². The molecule has 4 N–H and O–H groups in total. The number of nitrogens with zero attached hydrogens (tertiary/aromatic N) is 2. The smallest absolute Gasteiger partial charge is 0.234 e. The van der Waals surface area contributed by atoms with E-state index < -0.39 is 23.0 Å². The lowest BCUT2D eigenvalue weighted by Crippen LogP contribution is -2.39. The number of halogens is 2. The molecule has 9 heteroatoms. The van der Waals surface area contributed by atoms with Crippen molar-refractivity contribution >= 4 is 23.4 Å². The van der Waals surface area contributed by atoms with Gasteiger partial charge < -0.3 is 16.4 Å². The Bertz CT molecular complexity index is 984. The zero-order valence-corrected chi connectivity index (χ0v) is 16.3. The summed E-state index contributed by atoms with van der Waals surface area (Å²) in [4.78, 5) is 12.2. The number of rotatable bonds is 4. The third kappa shape index (κ3) is 4.06. The number of amides is 1. The van der Waals surface area contributed by atoms with Gasteiger partial charge in [-0.2, -0.15) is 10.5 Å². The van der Waals surface area contributed by atoms with Crippen molar-refractivity contribution in [2.45, 2.75) is 32.1 Å². The van der Waals surface area contributed by atoms with Gasteiger partial charge in [0.1, 0.15) is 17.5 Å². The molecule has 0 saturated heterocycles. The lowest BCUT2D eigenvalue weighted by molar-refractivity contribution is -0.113. The first-order valence-electron chi connectivity index (χ1n) is 9.11. The predicted molar refractivity (Wildman–Crippen MR) is 106 cm³/mol. The summed E-state index contributed by atoms with van der Waals surface area (Å²) in [5, 5.41) is 25.1. The molecule has 0 atom stereocenters. The first-order valence-corrected chi connectivity index (χ1v) is 10.1.